The minimum Gasteiger partial charge on any atom is -0.355 e. The highest BCUT2D eigenvalue weighted by molar-refractivity contribution is 5.81. The van der Waals surface area contributed by atoms with Crippen LogP contribution >= 0.6 is 0 Å². The van der Waals surface area contributed by atoms with Gasteiger partial charge in [0.25, 0.3) is 0 Å². The molecule has 1 N–H and O–H groups in total. The lowest BCUT2D eigenvalue weighted by atomic mass is 10.0. The van der Waals surface area contributed by atoms with Crippen molar-refractivity contribution in [3.8, 4) is 0 Å². The Bertz CT molecular complexity index is 719. The number of rotatable bonds is 6. The van der Waals surface area contributed by atoms with Gasteiger partial charge in [0, 0.05) is 31.9 Å². The number of nitrogens with zero attached hydrogens (tertiary/aromatic N) is 3. The Morgan fingerprint density at radius 1 is 1.23 bits per heavy atom. The summed E-state index contributed by atoms with van der Waals surface area (Å²) in [4.78, 5) is 21.4. The second-order valence-corrected chi connectivity index (χ2v) is 7.04. The predicted molar refractivity (Wildman–Crippen MR) is 105 cm³/mol. The van der Waals surface area contributed by atoms with Crippen LogP contribution in [0, 0.1) is 0 Å². The summed E-state index contributed by atoms with van der Waals surface area (Å²) in [6, 6.07) is 14.3. The van der Waals surface area contributed by atoms with E-state index in [2.05, 4.69) is 32.2 Å². The standard InChI is InChI=1S/C21H28N4O/c1-24-14-7-6-12-19(24)21(26)23-15-18-11-8-13-22-20(18)25(2)16-17-9-4-3-5-10-17/h3-5,8-11,13,19H,6-7,12,14-16H2,1-2H3,(H,23,26). The van der Waals surface area contributed by atoms with Gasteiger partial charge in [-0.05, 0) is 38.1 Å². The Morgan fingerprint density at radius 3 is 2.81 bits per heavy atom. The SMILES string of the molecule is CN(Cc1ccccc1)c1ncccc1CNC(=O)C1CCCCN1C. The van der Waals surface area contributed by atoms with Crippen LogP contribution < -0.4 is 10.2 Å². The van der Waals surface area contributed by atoms with Gasteiger partial charge in [0.2, 0.25) is 5.91 Å². The molecule has 1 fully saturated rings. The highest BCUT2D eigenvalue weighted by Gasteiger charge is 2.25. The van der Waals surface area contributed by atoms with E-state index in [1.54, 1.807) is 6.20 Å². The Labute approximate surface area is 156 Å². The van der Waals surface area contributed by atoms with Crippen LogP contribution in [0.4, 0.5) is 5.82 Å². The molecule has 3 rings (SSSR count). The van der Waals surface area contributed by atoms with E-state index < -0.39 is 0 Å². The van der Waals surface area contributed by atoms with Gasteiger partial charge in [-0.1, -0.05) is 42.8 Å². The summed E-state index contributed by atoms with van der Waals surface area (Å²) in [6.45, 7) is 2.28. The minimum absolute atomic E-state index is 0.00841. The van der Waals surface area contributed by atoms with Crippen molar-refractivity contribution in [3.63, 3.8) is 0 Å². The maximum absolute atomic E-state index is 12.6. The van der Waals surface area contributed by atoms with Crippen LogP contribution in [0.15, 0.2) is 48.7 Å². The maximum Gasteiger partial charge on any atom is 0.237 e. The van der Waals surface area contributed by atoms with Crippen molar-refractivity contribution in [2.24, 2.45) is 0 Å². The van der Waals surface area contributed by atoms with E-state index in [0.717, 1.165) is 37.3 Å². The summed E-state index contributed by atoms with van der Waals surface area (Å²) in [5.41, 5.74) is 2.28. The van der Waals surface area contributed by atoms with Crippen LogP contribution in [0.5, 0.6) is 0 Å². The fraction of sp³-hybridized carbons (Fsp3) is 0.429. The summed E-state index contributed by atoms with van der Waals surface area (Å²) < 4.78 is 0. The van der Waals surface area contributed by atoms with Crippen molar-refractivity contribution in [2.75, 3.05) is 25.5 Å². The number of nitrogens with one attached hydrogen (secondary N) is 1. The monoisotopic (exact) mass is 352 g/mol. The molecule has 138 valence electrons. The molecule has 0 saturated carbocycles. The molecule has 1 amide bonds. The third-order valence-electron chi connectivity index (χ3n) is 5.02. The topological polar surface area (TPSA) is 48.5 Å². The number of aromatic nitrogens is 1. The number of piperidine rings is 1. The van der Waals surface area contributed by atoms with Gasteiger partial charge in [-0.15, -0.1) is 0 Å². The fourth-order valence-electron chi connectivity index (χ4n) is 3.55. The number of hydrogen-bond donors (Lipinski definition) is 1. The molecular weight excluding hydrogens is 324 g/mol. The molecule has 0 bridgehead atoms. The molecule has 1 aliphatic rings. The normalized spacial score (nSPS) is 17.7. The molecule has 1 aromatic carbocycles. The van der Waals surface area contributed by atoms with Crippen molar-refractivity contribution in [1.29, 1.82) is 0 Å². The van der Waals surface area contributed by atoms with E-state index in [-0.39, 0.29) is 11.9 Å². The first-order valence-corrected chi connectivity index (χ1v) is 9.32. The predicted octanol–water partition coefficient (Wildman–Crippen LogP) is 2.82. The molecular formula is C21H28N4O. The number of benzene rings is 1. The summed E-state index contributed by atoms with van der Waals surface area (Å²) in [7, 11) is 4.07. The number of anilines is 1. The number of carbonyl (C=O) groups excluding carboxylic acids is 1. The lowest BCUT2D eigenvalue weighted by Crippen LogP contribution is -2.47. The third-order valence-corrected chi connectivity index (χ3v) is 5.02. The van der Waals surface area contributed by atoms with Crippen LogP contribution in [0.3, 0.4) is 0 Å². The number of hydrogen-bond acceptors (Lipinski definition) is 4. The van der Waals surface area contributed by atoms with E-state index in [9.17, 15) is 4.79 Å². The van der Waals surface area contributed by atoms with Crippen LogP contribution in [-0.4, -0.2) is 42.5 Å². The van der Waals surface area contributed by atoms with Gasteiger partial charge in [-0.25, -0.2) is 4.98 Å². The molecule has 0 radical (unpaired) electrons. The Hall–Kier alpha value is -2.40. The summed E-state index contributed by atoms with van der Waals surface area (Å²) in [5.74, 6) is 1.03. The van der Waals surface area contributed by atoms with Gasteiger partial charge in [0.05, 0.1) is 6.04 Å². The van der Waals surface area contributed by atoms with E-state index in [1.807, 2.05) is 44.4 Å². The Morgan fingerprint density at radius 2 is 2.04 bits per heavy atom. The zero-order valence-electron chi connectivity index (χ0n) is 15.7. The first kappa shape index (κ1) is 18.4. The Kier molecular flexibility index (Phi) is 6.23. The minimum atomic E-state index is -0.00841. The third kappa shape index (κ3) is 4.61. The molecule has 0 spiro atoms. The molecule has 2 aromatic rings. The molecule has 2 heterocycles. The average Bonchev–Trinajstić information content (AvgIpc) is 2.67. The number of carbonyl (C=O) groups is 1. The first-order valence-electron chi connectivity index (χ1n) is 9.32. The number of pyridine rings is 1. The quantitative estimate of drug-likeness (QED) is 0.868. The Balaban J connectivity index is 1.64. The van der Waals surface area contributed by atoms with Crippen LogP contribution in [0.2, 0.25) is 0 Å². The first-order chi connectivity index (χ1) is 12.6. The van der Waals surface area contributed by atoms with Crippen LogP contribution in [-0.2, 0) is 17.9 Å². The summed E-state index contributed by atoms with van der Waals surface area (Å²) in [6.07, 6.45) is 5.05. The van der Waals surface area contributed by atoms with Crippen molar-refractivity contribution < 1.29 is 4.79 Å². The van der Waals surface area contributed by atoms with Crippen molar-refractivity contribution in [2.45, 2.75) is 38.4 Å². The lowest BCUT2D eigenvalue weighted by Gasteiger charge is -2.31. The highest BCUT2D eigenvalue weighted by atomic mass is 16.2. The zero-order valence-corrected chi connectivity index (χ0v) is 15.7. The van der Waals surface area contributed by atoms with Gasteiger partial charge in [0.1, 0.15) is 5.82 Å². The fourth-order valence-corrected chi connectivity index (χ4v) is 3.55. The molecule has 1 aromatic heterocycles. The summed E-state index contributed by atoms with van der Waals surface area (Å²) in [5, 5.41) is 3.11. The van der Waals surface area contributed by atoms with E-state index in [4.69, 9.17) is 0 Å². The highest BCUT2D eigenvalue weighted by Crippen LogP contribution is 2.19. The molecule has 1 aliphatic heterocycles. The maximum atomic E-state index is 12.6. The molecule has 5 nitrogen and oxygen atoms in total. The lowest BCUT2D eigenvalue weighted by molar-refractivity contribution is -0.127. The number of likely N-dealkylation sites (N-methyl/N-ethyl adjacent to an activating group) is 1. The largest absolute Gasteiger partial charge is 0.355 e. The zero-order chi connectivity index (χ0) is 18.4. The second-order valence-electron chi connectivity index (χ2n) is 7.04. The van der Waals surface area contributed by atoms with Gasteiger partial charge >= 0.3 is 0 Å². The van der Waals surface area contributed by atoms with Gasteiger partial charge < -0.3 is 10.2 Å². The molecule has 1 saturated heterocycles. The smallest absolute Gasteiger partial charge is 0.237 e. The molecule has 0 aliphatic carbocycles. The van der Waals surface area contributed by atoms with E-state index in [0.29, 0.717) is 6.54 Å². The van der Waals surface area contributed by atoms with Crippen molar-refractivity contribution in [1.82, 2.24) is 15.2 Å². The summed E-state index contributed by atoms with van der Waals surface area (Å²) >= 11 is 0. The van der Waals surface area contributed by atoms with Gasteiger partial charge in [-0.3, -0.25) is 9.69 Å². The molecule has 1 unspecified atom stereocenters. The van der Waals surface area contributed by atoms with Crippen LogP contribution in [0.1, 0.15) is 30.4 Å². The second kappa shape index (κ2) is 8.81. The average molecular weight is 352 g/mol. The van der Waals surface area contributed by atoms with Crippen molar-refractivity contribution in [3.05, 3.63) is 59.8 Å². The number of amides is 1. The molecule has 5 heteroatoms. The van der Waals surface area contributed by atoms with E-state index >= 15 is 0 Å². The number of likely N-dealkylation sites (tertiary alicyclic amines) is 1. The van der Waals surface area contributed by atoms with Gasteiger partial charge in [-0.2, -0.15) is 0 Å². The van der Waals surface area contributed by atoms with Crippen molar-refractivity contribution >= 4 is 11.7 Å². The van der Waals surface area contributed by atoms with Gasteiger partial charge in [0.15, 0.2) is 0 Å². The molecule has 26 heavy (non-hydrogen) atoms. The van der Waals surface area contributed by atoms with Crippen LogP contribution in [0.25, 0.3) is 0 Å². The molecule has 1 atom stereocenters. The van der Waals surface area contributed by atoms with E-state index in [1.165, 1.54) is 12.0 Å².